The zero-order valence-corrected chi connectivity index (χ0v) is 10.8. The van der Waals surface area contributed by atoms with Gasteiger partial charge in [-0.1, -0.05) is 6.07 Å². The molecule has 17 heavy (non-hydrogen) atoms. The SMILES string of the molecule is Cc1cc(C(=O)O)ccc1CN1CCCC1.Cl. The molecule has 1 heterocycles. The summed E-state index contributed by atoms with van der Waals surface area (Å²) in [4.78, 5) is 13.2. The summed E-state index contributed by atoms with van der Waals surface area (Å²) in [6.45, 7) is 5.27. The molecule has 2 rings (SSSR count). The van der Waals surface area contributed by atoms with E-state index in [1.54, 1.807) is 12.1 Å². The molecule has 0 atom stereocenters. The van der Waals surface area contributed by atoms with Gasteiger partial charge in [0, 0.05) is 6.54 Å². The van der Waals surface area contributed by atoms with Crippen molar-refractivity contribution in [1.82, 2.24) is 4.90 Å². The molecular weight excluding hydrogens is 238 g/mol. The van der Waals surface area contributed by atoms with Crippen LogP contribution in [0.15, 0.2) is 18.2 Å². The normalized spacial score (nSPS) is 15.6. The minimum absolute atomic E-state index is 0. The number of halogens is 1. The van der Waals surface area contributed by atoms with Gasteiger partial charge in [0.2, 0.25) is 0 Å². The number of hydrogen-bond donors (Lipinski definition) is 1. The number of aromatic carboxylic acids is 1. The first kappa shape index (κ1) is 14.0. The zero-order valence-electron chi connectivity index (χ0n) is 9.98. The molecule has 0 spiro atoms. The van der Waals surface area contributed by atoms with Gasteiger partial charge in [0.05, 0.1) is 5.56 Å². The molecular formula is C13H18ClNO2. The van der Waals surface area contributed by atoms with Gasteiger partial charge in [0.25, 0.3) is 0 Å². The van der Waals surface area contributed by atoms with Gasteiger partial charge < -0.3 is 5.11 Å². The topological polar surface area (TPSA) is 40.5 Å². The van der Waals surface area contributed by atoms with Crippen molar-refractivity contribution in [2.75, 3.05) is 13.1 Å². The van der Waals surface area contributed by atoms with Gasteiger partial charge in [-0.25, -0.2) is 4.79 Å². The maximum Gasteiger partial charge on any atom is 0.335 e. The lowest BCUT2D eigenvalue weighted by molar-refractivity contribution is 0.0696. The Hall–Kier alpha value is -1.06. The van der Waals surface area contributed by atoms with Crippen LogP contribution >= 0.6 is 12.4 Å². The first-order valence-corrected chi connectivity index (χ1v) is 5.72. The number of aryl methyl sites for hydroxylation is 1. The van der Waals surface area contributed by atoms with Crippen LogP contribution in [0, 0.1) is 6.92 Å². The molecule has 94 valence electrons. The van der Waals surface area contributed by atoms with Gasteiger partial charge in [0.15, 0.2) is 0 Å². The largest absolute Gasteiger partial charge is 0.478 e. The fraction of sp³-hybridized carbons (Fsp3) is 0.462. The Morgan fingerprint density at radius 2 is 2.00 bits per heavy atom. The fourth-order valence-electron chi connectivity index (χ4n) is 2.19. The van der Waals surface area contributed by atoms with E-state index in [-0.39, 0.29) is 12.4 Å². The van der Waals surface area contributed by atoms with Crippen LogP contribution in [0.25, 0.3) is 0 Å². The van der Waals surface area contributed by atoms with Crippen molar-refractivity contribution in [2.24, 2.45) is 0 Å². The molecule has 1 aliphatic rings. The summed E-state index contributed by atoms with van der Waals surface area (Å²) in [6, 6.07) is 5.39. The van der Waals surface area contributed by atoms with Gasteiger partial charge in [-0.15, -0.1) is 12.4 Å². The highest BCUT2D eigenvalue weighted by molar-refractivity contribution is 5.87. The van der Waals surface area contributed by atoms with Gasteiger partial charge in [0.1, 0.15) is 0 Å². The van der Waals surface area contributed by atoms with Crippen molar-refractivity contribution in [3.8, 4) is 0 Å². The van der Waals surface area contributed by atoms with Crippen LogP contribution in [-0.4, -0.2) is 29.1 Å². The Balaban J connectivity index is 0.00000144. The summed E-state index contributed by atoms with van der Waals surface area (Å²) in [5.74, 6) is -0.851. The summed E-state index contributed by atoms with van der Waals surface area (Å²) < 4.78 is 0. The van der Waals surface area contributed by atoms with Crippen LogP contribution in [0.2, 0.25) is 0 Å². The van der Waals surface area contributed by atoms with Crippen LogP contribution in [0.3, 0.4) is 0 Å². The molecule has 0 amide bonds. The average Bonchev–Trinajstić information content (AvgIpc) is 2.73. The molecule has 1 N–H and O–H groups in total. The highest BCUT2D eigenvalue weighted by Crippen LogP contribution is 2.17. The lowest BCUT2D eigenvalue weighted by Crippen LogP contribution is -2.19. The fourth-order valence-corrected chi connectivity index (χ4v) is 2.19. The second kappa shape index (κ2) is 6.03. The third-order valence-corrected chi connectivity index (χ3v) is 3.18. The Labute approximate surface area is 108 Å². The third kappa shape index (κ3) is 3.45. The molecule has 0 saturated carbocycles. The van der Waals surface area contributed by atoms with Crippen molar-refractivity contribution in [3.05, 3.63) is 34.9 Å². The monoisotopic (exact) mass is 255 g/mol. The van der Waals surface area contributed by atoms with Crippen LogP contribution in [0.5, 0.6) is 0 Å². The maximum atomic E-state index is 10.8. The predicted molar refractivity (Wildman–Crippen MR) is 69.9 cm³/mol. The van der Waals surface area contributed by atoms with E-state index in [0.717, 1.165) is 12.1 Å². The number of carboxylic acids is 1. The lowest BCUT2D eigenvalue weighted by Gasteiger charge is -2.16. The molecule has 1 aromatic rings. The molecule has 4 heteroatoms. The molecule has 1 aliphatic heterocycles. The molecule has 0 radical (unpaired) electrons. The molecule has 1 saturated heterocycles. The Kier molecular flexibility index (Phi) is 4.97. The van der Waals surface area contributed by atoms with Crippen LogP contribution in [-0.2, 0) is 6.54 Å². The first-order chi connectivity index (χ1) is 7.66. The number of hydrogen-bond acceptors (Lipinski definition) is 2. The number of carbonyl (C=O) groups is 1. The summed E-state index contributed by atoms with van der Waals surface area (Å²) >= 11 is 0. The number of likely N-dealkylation sites (tertiary alicyclic amines) is 1. The smallest absolute Gasteiger partial charge is 0.335 e. The summed E-state index contributed by atoms with van der Waals surface area (Å²) in [6.07, 6.45) is 2.57. The average molecular weight is 256 g/mol. The second-order valence-corrected chi connectivity index (χ2v) is 4.43. The quantitative estimate of drug-likeness (QED) is 0.903. The molecule has 0 aromatic heterocycles. The standard InChI is InChI=1S/C13H17NO2.ClH/c1-10-8-11(13(15)16)4-5-12(10)9-14-6-2-3-7-14;/h4-5,8H,2-3,6-7,9H2,1H3,(H,15,16);1H. The first-order valence-electron chi connectivity index (χ1n) is 5.72. The van der Waals surface area contributed by atoms with Crippen molar-refractivity contribution < 1.29 is 9.90 Å². The van der Waals surface area contributed by atoms with Gasteiger partial charge >= 0.3 is 5.97 Å². The summed E-state index contributed by atoms with van der Waals surface area (Å²) in [7, 11) is 0. The van der Waals surface area contributed by atoms with E-state index in [9.17, 15) is 4.79 Å². The van der Waals surface area contributed by atoms with E-state index in [2.05, 4.69) is 4.90 Å². The van der Waals surface area contributed by atoms with E-state index in [0.29, 0.717) is 5.56 Å². The minimum atomic E-state index is -0.851. The highest BCUT2D eigenvalue weighted by Gasteiger charge is 2.13. The molecule has 0 unspecified atom stereocenters. The van der Waals surface area contributed by atoms with E-state index in [4.69, 9.17) is 5.11 Å². The van der Waals surface area contributed by atoms with Crippen molar-refractivity contribution in [1.29, 1.82) is 0 Å². The Bertz CT molecular complexity index is 400. The number of benzene rings is 1. The molecule has 1 fully saturated rings. The molecule has 0 bridgehead atoms. The van der Waals surface area contributed by atoms with Gasteiger partial charge in [-0.3, -0.25) is 4.90 Å². The predicted octanol–water partition coefficient (Wildman–Crippen LogP) is 2.71. The van der Waals surface area contributed by atoms with Crippen molar-refractivity contribution >= 4 is 18.4 Å². The second-order valence-electron chi connectivity index (χ2n) is 4.43. The highest BCUT2D eigenvalue weighted by atomic mass is 35.5. The van der Waals surface area contributed by atoms with E-state index < -0.39 is 5.97 Å². The number of rotatable bonds is 3. The Morgan fingerprint density at radius 1 is 1.35 bits per heavy atom. The molecule has 1 aromatic carbocycles. The van der Waals surface area contributed by atoms with Crippen molar-refractivity contribution in [3.63, 3.8) is 0 Å². The molecule has 0 aliphatic carbocycles. The lowest BCUT2D eigenvalue weighted by atomic mass is 10.0. The summed E-state index contributed by atoms with van der Waals surface area (Å²) in [5, 5.41) is 8.87. The van der Waals surface area contributed by atoms with Gasteiger partial charge in [-0.05, 0) is 56.1 Å². The number of carboxylic acid groups (broad SMARTS) is 1. The maximum absolute atomic E-state index is 10.8. The Morgan fingerprint density at radius 3 is 2.53 bits per heavy atom. The summed E-state index contributed by atoms with van der Waals surface area (Å²) in [5.41, 5.74) is 2.70. The van der Waals surface area contributed by atoms with Crippen LogP contribution in [0.1, 0.15) is 34.3 Å². The van der Waals surface area contributed by atoms with Crippen molar-refractivity contribution in [2.45, 2.75) is 26.3 Å². The van der Waals surface area contributed by atoms with E-state index >= 15 is 0 Å². The third-order valence-electron chi connectivity index (χ3n) is 3.18. The zero-order chi connectivity index (χ0) is 11.5. The minimum Gasteiger partial charge on any atom is -0.478 e. The number of nitrogens with zero attached hydrogens (tertiary/aromatic N) is 1. The molecule has 3 nitrogen and oxygen atoms in total. The van der Waals surface area contributed by atoms with Crippen LogP contribution in [0.4, 0.5) is 0 Å². The van der Waals surface area contributed by atoms with Crippen LogP contribution < -0.4 is 0 Å². The van der Waals surface area contributed by atoms with Gasteiger partial charge in [-0.2, -0.15) is 0 Å². The van der Waals surface area contributed by atoms with E-state index in [1.165, 1.54) is 31.5 Å². The van der Waals surface area contributed by atoms with E-state index in [1.807, 2.05) is 13.0 Å².